The average molecular weight is 380 g/mol. The molecule has 0 aromatic heterocycles. The molecule has 0 aromatic rings. The summed E-state index contributed by atoms with van der Waals surface area (Å²) in [6.45, 7) is 20.9. The van der Waals surface area contributed by atoms with Crippen molar-refractivity contribution in [2.45, 2.75) is 97.0 Å². The molecule has 1 aliphatic heterocycles. The lowest BCUT2D eigenvalue weighted by Crippen LogP contribution is -2.70. The Morgan fingerprint density at radius 3 is 2.04 bits per heavy atom. The smallest absolute Gasteiger partial charge is 0.260 e. The molecule has 1 aliphatic rings. The lowest BCUT2D eigenvalue weighted by molar-refractivity contribution is -0.169. The molecule has 0 unspecified atom stereocenters. The van der Waals surface area contributed by atoms with Gasteiger partial charge in [-0.15, -0.1) is 6.58 Å². The van der Waals surface area contributed by atoms with E-state index < -0.39 is 14.4 Å². The molecule has 4 nitrogen and oxygen atoms in total. The lowest BCUT2D eigenvalue weighted by Gasteiger charge is -2.51. The Bertz CT molecular complexity index is 540. The first kappa shape index (κ1) is 22.8. The number of hydrogen-bond acceptors (Lipinski definition) is 3. The Morgan fingerprint density at radius 2 is 1.65 bits per heavy atom. The quantitative estimate of drug-likeness (QED) is 0.313. The summed E-state index contributed by atoms with van der Waals surface area (Å²) < 4.78 is 6.70. The molecular formula is C21H37NO3Si. The van der Waals surface area contributed by atoms with Crippen molar-refractivity contribution in [3.63, 3.8) is 0 Å². The number of amides is 2. The van der Waals surface area contributed by atoms with E-state index in [1.54, 1.807) is 6.08 Å². The SMILES string of the molecule is C=CCCC(=O)N1C(=O)[C@H](O[Si](C(C)C)(C(C)C)C(C)C)[C@@H]1C=C(C)C. The van der Waals surface area contributed by atoms with E-state index in [0.717, 1.165) is 5.57 Å². The van der Waals surface area contributed by atoms with E-state index in [9.17, 15) is 9.59 Å². The minimum absolute atomic E-state index is 0.136. The van der Waals surface area contributed by atoms with Gasteiger partial charge in [-0.1, -0.05) is 59.3 Å². The summed E-state index contributed by atoms with van der Waals surface area (Å²) in [6.07, 6.45) is 4.07. The minimum Gasteiger partial charge on any atom is -0.402 e. The summed E-state index contributed by atoms with van der Waals surface area (Å²) in [5.41, 5.74) is 2.28. The summed E-state index contributed by atoms with van der Waals surface area (Å²) >= 11 is 0. The fourth-order valence-corrected chi connectivity index (χ4v) is 9.87. The summed E-state index contributed by atoms with van der Waals surface area (Å²) in [5.74, 6) is -0.316. The zero-order chi connectivity index (χ0) is 20.2. The molecule has 1 heterocycles. The second-order valence-electron chi connectivity index (χ2n) is 8.52. The molecule has 0 bridgehead atoms. The maximum absolute atomic E-state index is 12.9. The maximum Gasteiger partial charge on any atom is 0.260 e. The molecule has 148 valence electrons. The summed E-state index contributed by atoms with van der Waals surface area (Å²) in [6, 6.07) is -0.284. The average Bonchev–Trinajstić information content (AvgIpc) is 2.51. The van der Waals surface area contributed by atoms with E-state index in [4.69, 9.17) is 4.43 Å². The van der Waals surface area contributed by atoms with Crippen molar-refractivity contribution < 1.29 is 14.0 Å². The topological polar surface area (TPSA) is 46.6 Å². The van der Waals surface area contributed by atoms with Crippen LogP contribution < -0.4 is 0 Å². The van der Waals surface area contributed by atoms with Crippen LogP contribution in [0.4, 0.5) is 0 Å². The normalized spacial score (nSPS) is 20.6. The van der Waals surface area contributed by atoms with Crippen LogP contribution in [-0.4, -0.2) is 37.2 Å². The van der Waals surface area contributed by atoms with Gasteiger partial charge >= 0.3 is 0 Å². The monoisotopic (exact) mass is 379 g/mol. The van der Waals surface area contributed by atoms with E-state index in [2.05, 4.69) is 48.1 Å². The van der Waals surface area contributed by atoms with Gasteiger partial charge in [0.2, 0.25) is 14.2 Å². The van der Waals surface area contributed by atoms with Crippen molar-refractivity contribution in [2.24, 2.45) is 0 Å². The number of carbonyl (C=O) groups excluding carboxylic acids is 2. The first-order valence-electron chi connectivity index (χ1n) is 9.80. The third-order valence-corrected chi connectivity index (χ3v) is 11.5. The van der Waals surface area contributed by atoms with Crippen molar-refractivity contribution in [1.82, 2.24) is 4.90 Å². The number of allylic oxidation sites excluding steroid dienone is 2. The Hall–Kier alpha value is -1.20. The molecule has 0 radical (unpaired) electrons. The van der Waals surface area contributed by atoms with Gasteiger partial charge in [0, 0.05) is 6.42 Å². The van der Waals surface area contributed by atoms with E-state index in [0.29, 0.717) is 29.5 Å². The van der Waals surface area contributed by atoms with Gasteiger partial charge in [-0.25, -0.2) is 0 Å². The third-order valence-electron chi connectivity index (χ3n) is 5.46. The van der Waals surface area contributed by atoms with E-state index in [1.807, 2.05) is 19.9 Å². The van der Waals surface area contributed by atoms with Crippen LogP contribution in [0.3, 0.4) is 0 Å². The fraction of sp³-hybridized carbons (Fsp3) is 0.714. The van der Waals surface area contributed by atoms with Crippen LogP contribution in [0.1, 0.15) is 68.2 Å². The van der Waals surface area contributed by atoms with Crippen molar-refractivity contribution >= 4 is 20.1 Å². The van der Waals surface area contributed by atoms with Crippen molar-refractivity contribution in [1.29, 1.82) is 0 Å². The predicted octanol–water partition coefficient (Wildman–Crippen LogP) is 5.22. The highest BCUT2D eigenvalue weighted by atomic mass is 28.4. The maximum atomic E-state index is 12.9. The number of rotatable bonds is 9. The van der Waals surface area contributed by atoms with E-state index in [-0.39, 0.29) is 17.9 Å². The highest BCUT2D eigenvalue weighted by Gasteiger charge is 2.56. The number of nitrogens with zero attached hydrogens (tertiary/aromatic N) is 1. The van der Waals surface area contributed by atoms with Gasteiger partial charge in [0.05, 0.1) is 6.04 Å². The summed E-state index contributed by atoms with van der Waals surface area (Å²) in [5, 5.41) is 0. The van der Waals surface area contributed by atoms with Crippen LogP contribution in [0.15, 0.2) is 24.3 Å². The van der Waals surface area contributed by atoms with Crippen LogP contribution in [0.25, 0.3) is 0 Å². The fourth-order valence-electron chi connectivity index (χ4n) is 4.37. The molecule has 26 heavy (non-hydrogen) atoms. The molecule has 1 saturated heterocycles. The molecule has 0 aromatic carbocycles. The van der Waals surface area contributed by atoms with Crippen LogP contribution in [0, 0.1) is 0 Å². The molecular weight excluding hydrogens is 342 g/mol. The largest absolute Gasteiger partial charge is 0.402 e. The molecule has 1 fully saturated rings. The molecule has 0 spiro atoms. The standard InChI is InChI=1S/C21H37NO3Si/c1-10-11-12-19(23)22-18(13-14(2)3)20(21(22)24)25-26(15(4)5,16(6)7)17(8)9/h10,13,15-18,20H,1,11-12H2,2-9H3/t18-,20+/m0/s1. The molecule has 2 amide bonds. The molecule has 0 saturated carbocycles. The van der Waals surface area contributed by atoms with Gasteiger partial charge < -0.3 is 4.43 Å². The van der Waals surface area contributed by atoms with Gasteiger partial charge in [-0.3, -0.25) is 14.5 Å². The second-order valence-corrected chi connectivity index (χ2v) is 13.9. The minimum atomic E-state index is -2.19. The zero-order valence-electron chi connectivity index (χ0n) is 17.8. The Kier molecular flexibility index (Phi) is 8.02. The number of imide groups is 1. The van der Waals surface area contributed by atoms with Crippen LogP contribution in [-0.2, 0) is 14.0 Å². The summed E-state index contributed by atoms with van der Waals surface area (Å²) in [4.78, 5) is 26.7. The van der Waals surface area contributed by atoms with Crippen LogP contribution in [0.2, 0.25) is 16.6 Å². The molecule has 0 aliphatic carbocycles. The number of hydrogen-bond donors (Lipinski definition) is 0. The van der Waals surface area contributed by atoms with E-state index >= 15 is 0 Å². The van der Waals surface area contributed by atoms with Gasteiger partial charge in [-0.05, 0) is 36.9 Å². The molecule has 5 heteroatoms. The predicted molar refractivity (Wildman–Crippen MR) is 110 cm³/mol. The zero-order valence-corrected chi connectivity index (χ0v) is 18.8. The molecule has 1 rings (SSSR count). The second kappa shape index (κ2) is 9.13. The molecule has 0 N–H and O–H groups in total. The van der Waals surface area contributed by atoms with Crippen molar-refractivity contribution in [2.75, 3.05) is 0 Å². The van der Waals surface area contributed by atoms with Crippen LogP contribution in [0.5, 0.6) is 0 Å². The molecule has 2 atom stereocenters. The first-order chi connectivity index (χ1) is 12.0. The number of β-lactam (4-membered cyclic amide) rings is 1. The van der Waals surface area contributed by atoms with Crippen molar-refractivity contribution in [3.05, 3.63) is 24.3 Å². The third kappa shape index (κ3) is 4.37. The Morgan fingerprint density at radius 1 is 1.15 bits per heavy atom. The first-order valence-corrected chi connectivity index (χ1v) is 11.9. The van der Waals surface area contributed by atoms with Crippen LogP contribution >= 0.6 is 0 Å². The van der Waals surface area contributed by atoms with Gasteiger partial charge in [0.15, 0.2) is 0 Å². The Labute approximate surface area is 160 Å². The van der Waals surface area contributed by atoms with Gasteiger partial charge in [0.25, 0.3) is 5.91 Å². The van der Waals surface area contributed by atoms with E-state index in [1.165, 1.54) is 4.90 Å². The van der Waals surface area contributed by atoms with Gasteiger partial charge in [0.1, 0.15) is 6.10 Å². The van der Waals surface area contributed by atoms with Crippen molar-refractivity contribution in [3.8, 4) is 0 Å². The number of likely N-dealkylation sites (tertiary alicyclic amines) is 1. The van der Waals surface area contributed by atoms with Gasteiger partial charge in [-0.2, -0.15) is 0 Å². The highest BCUT2D eigenvalue weighted by Crippen LogP contribution is 2.45. The summed E-state index contributed by atoms with van der Waals surface area (Å²) in [7, 11) is -2.19. The lowest BCUT2D eigenvalue weighted by atomic mass is 9.95. The Balaban J connectivity index is 3.17. The highest BCUT2D eigenvalue weighted by molar-refractivity contribution is 6.77. The number of carbonyl (C=O) groups is 2.